The number of benzene rings is 1. The van der Waals surface area contributed by atoms with Gasteiger partial charge >= 0.3 is 0 Å². The van der Waals surface area contributed by atoms with Crippen LogP contribution in [0, 0.1) is 32.1 Å². The highest BCUT2D eigenvalue weighted by Crippen LogP contribution is 2.44. The van der Waals surface area contributed by atoms with Crippen molar-refractivity contribution in [2.75, 3.05) is 14.2 Å². The third kappa shape index (κ3) is 2.09. The molecule has 27 heavy (non-hydrogen) atoms. The first-order valence-corrected chi connectivity index (χ1v) is 8.67. The molecule has 3 heterocycles. The number of methoxy groups -OCH3 is 1. The predicted molar refractivity (Wildman–Crippen MR) is 104 cm³/mol. The third-order valence-electron chi connectivity index (χ3n) is 5.41. The second kappa shape index (κ2) is 5.93. The fourth-order valence-electron chi connectivity index (χ4n) is 4.06. The maximum atomic E-state index is 9.61. The number of hydrogen-bond acceptors (Lipinski definition) is 4. The molecule has 3 aromatic heterocycles. The van der Waals surface area contributed by atoms with Crippen molar-refractivity contribution < 1.29 is 14.5 Å². The quantitative estimate of drug-likeness (QED) is 0.401. The standard InChI is InChI=1S/C21H21N3O3/c1-11-7-8-14-17-16-9-12(2)15(10-22)20(25-5)24(16)21(27-26-6)19(17)23(4)18(14)13(11)3/h7-9H,1-6H3. The number of nitrogens with zero attached hydrogens (tertiary/aromatic N) is 3. The van der Waals surface area contributed by atoms with Gasteiger partial charge in [0.15, 0.2) is 0 Å². The Kier molecular flexibility index (Phi) is 3.79. The molecule has 0 atom stereocenters. The summed E-state index contributed by atoms with van der Waals surface area (Å²) >= 11 is 0. The van der Waals surface area contributed by atoms with Gasteiger partial charge in [0.1, 0.15) is 17.1 Å². The van der Waals surface area contributed by atoms with E-state index in [1.54, 1.807) is 7.11 Å². The van der Waals surface area contributed by atoms with Crippen LogP contribution in [0.4, 0.5) is 0 Å². The summed E-state index contributed by atoms with van der Waals surface area (Å²) in [6.45, 7) is 6.15. The zero-order valence-electron chi connectivity index (χ0n) is 16.3. The fourth-order valence-corrected chi connectivity index (χ4v) is 4.06. The first-order valence-electron chi connectivity index (χ1n) is 8.67. The Morgan fingerprint density at radius 2 is 1.74 bits per heavy atom. The van der Waals surface area contributed by atoms with E-state index in [0.717, 1.165) is 32.9 Å². The van der Waals surface area contributed by atoms with Crippen molar-refractivity contribution in [1.29, 1.82) is 5.26 Å². The van der Waals surface area contributed by atoms with Gasteiger partial charge in [-0.3, -0.25) is 0 Å². The van der Waals surface area contributed by atoms with E-state index in [-0.39, 0.29) is 0 Å². The lowest BCUT2D eigenvalue weighted by atomic mass is 10.0. The second-order valence-electron chi connectivity index (χ2n) is 6.79. The van der Waals surface area contributed by atoms with Gasteiger partial charge in [-0.05, 0) is 43.5 Å². The Bertz CT molecular complexity index is 1270. The van der Waals surface area contributed by atoms with Crippen molar-refractivity contribution in [2.24, 2.45) is 7.05 Å². The highest BCUT2D eigenvalue weighted by molar-refractivity contribution is 6.19. The largest absolute Gasteiger partial charge is 0.481 e. The van der Waals surface area contributed by atoms with Gasteiger partial charge in [-0.25, -0.2) is 4.40 Å². The van der Waals surface area contributed by atoms with E-state index in [1.165, 1.54) is 18.2 Å². The van der Waals surface area contributed by atoms with Crippen LogP contribution in [0.3, 0.4) is 0 Å². The van der Waals surface area contributed by atoms with Crippen LogP contribution in [0.1, 0.15) is 22.3 Å². The molecule has 4 rings (SSSR count). The molecule has 0 aliphatic carbocycles. The number of aromatic nitrogens is 2. The summed E-state index contributed by atoms with van der Waals surface area (Å²) in [5, 5.41) is 11.8. The predicted octanol–water partition coefficient (Wildman–Crippen LogP) is 4.33. The molecule has 6 heteroatoms. The van der Waals surface area contributed by atoms with Crippen LogP contribution in [-0.2, 0) is 11.9 Å². The highest BCUT2D eigenvalue weighted by atomic mass is 17.2. The summed E-state index contributed by atoms with van der Waals surface area (Å²) in [6.07, 6.45) is 0. The lowest BCUT2D eigenvalue weighted by molar-refractivity contribution is -0.181. The van der Waals surface area contributed by atoms with Crippen molar-refractivity contribution >= 4 is 27.3 Å². The normalized spacial score (nSPS) is 11.4. The average molecular weight is 363 g/mol. The molecule has 0 aliphatic heterocycles. The molecule has 0 spiro atoms. The lowest BCUT2D eigenvalue weighted by Crippen LogP contribution is -2.04. The van der Waals surface area contributed by atoms with Crippen molar-refractivity contribution in [3.05, 3.63) is 40.5 Å². The minimum absolute atomic E-state index is 0.438. The van der Waals surface area contributed by atoms with E-state index < -0.39 is 0 Å². The summed E-state index contributed by atoms with van der Waals surface area (Å²) in [4.78, 5) is 10.6. The summed E-state index contributed by atoms with van der Waals surface area (Å²) in [7, 11) is 5.04. The minimum atomic E-state index is 0.438. The van der Waals surface area contributed by atoms with Crippen LogP contribution in [-0.4, -0.2) is 23.2 Å². The molecule has 1 aromatic carbocycles. The molecule has 0 fully saturated rings. The van der Waals surface area contributed by atoms with Gasteiger partial charge in [0.05, 0.1) is 25.3 Å². The van der Waals surface area contributed by atoms with Gasteiger partial charge in [-0.1, -0.05) is 12.1 Å². The Labute approximate surface area is 157 Å². The van der Waals surface area contributed by atoms with E-state index in [1.807, 2.05) is 24.4 Å². The van der Waals surface area contributed by atoms with Crippen molar-refractivity contribution in [2.45, 2.75) is 20.8 Å². The Morgan fingerprint density at radius 3 is 2.37 bits per heavy atom. The topological polar surface area (TPSA) is 60.8 Å². The third-order valence-corrected chi connectivity index (χ3v) is 5.41. The zero-order valence-corrected chi connectivity index (χ0v) is 16.3. The van der Waals surface area contributed by atoms with E-state index in [9.17, 15) is 5.26 Å². The van der Waals surface area contributed by atoms with Gasteiger partial charge in [0, 0.05) is 17.8 Å². The van der Waals surface area contributed by atoms with Crippen LogP contribution in [0.15, 0.2) is 18.2 Å². The van der Waals surface area contributed by atoms with E-state index >= 15 is 0 Å². The van der Waals surface area contributed by atoms with Crippen molar-refractivity contribution in [1.82, 2.24) is 8.97 Å². The molecule has 138 valence electrons. The Morgan fingerprint density at radius 1 is 1.00 bits per heavy atom. The van der Waals surface area contributed by atoms with Gasteiger partial charge < -0.3 is 14.2 Å². The van der Waals surface area contributed by atoms with Crippen LogP contribution >= 0.6 is 0 Å². The summed E-state index contributed by atoms with van der Waals surface area (Å²) in [5.74, 6) is 0.930. The molecule has 4 aromatic rings. The first-order chi connectivity index (χ1) is 13.0. The van der Waals surface area contributed by atoms with Crippen LogP contribution in [0.2, 0.25) is 0 Å². The van der Waals surface area contributed by atoms with Gasteiger partial charge in [-0.2, -0.15) is 10.1 Å². The molecule has 0 bridgehead atoms. The number of hydrogen-bond donors (Lipinski definition) is 0. The summed E-state index contributed by atoms with van der Waals surface area (Å²) in [6, 6.07) is 8.50. The molecule has 0 saturated carbocycles. The molecule has 0 saturated heterocycles. The average Bonchev–Trinajstić information content (AvgIpc) is 3.11. The number of ether oxygens (including phenoxy) is 1. The number of pyridine rings is 1. The van der Waals surface area contributed by atoms with Gasteiger partial charge in [-0.15, -0.1) is 0 Å². The molecule has 6 nitrogen and oxygen atoms in total. The Balaban J connectivity index is 2.36. The number of fused-ring (bicyclic) bond motifs is 5. The molecule has 0 aliphatic rings. The van der Waals surface area contributed by atoms with E-state index in [2.05, 4.69) is 36.6 Å². The smallest absolute Gasteiger partial charge is 0.269 e. The number of aryl methyl sites for hydroxylation is 4. The fraction of sp³-hybridized carbons (Fsp3) is 0.286. The minimum Gasteiger partial charge on any atom is -0.481 e. The van der Waals surface area contributed by atoms with Gasteiger partial charge in [0.25, 0.3) is 5.88 Å². The first kappa shape index (κ1) is 17.3. The van der Waals surface area contributed by atoms with Gasteiger partial charge in [0.2, 0.25) is 5.88 Å². The molecular formula is C21H21N3O3. The van der Waals surface area contributed by atoms with Crippen LogP contribution < -0.4 is 9.62 Å². The number of rotatable bonds is 3. The van der Waals surface area contributed by atoms with Crippen LogP contribution in [0.5, 0.6) is 11.8 Å². The highest BCUT2D eigenvalue weighted by Gasteiger charge is 2.26. The molecule has 0 amide bonds. The number of nitriles is 1. The maximum Gasteiger partial charge on any atom is 0.269 e. The molecule has 0 unspecified atom stereocenters. The van der Waals surface area contributed by atoms with Crippen molar-refractivity contribution in [3.63, 3.8) is 0 Å². The lowest BCUT2D eigenvalue weighted by Gasteiger charge is -2.13. The Hall–Kier alpha value is -3.17. The van der Waals surface area contributed by atoms with Crippen molar-refractivity contribution in [3.8, 4) is 17.8 Å². The maximum absolute atomic E-state index is 9.61. The summed E-state index contributed by atoms with van der Waals surface area (Å²) in [5.41, 5.74) is 6.76. The monoisotopic (exact) mass is 363 g/mol. The summed E-state index contributed by atoms with van der Waals surface area (Å²) < 4.78 is 9.54. The molecule has 0 radical (unpaired) electrons. The van der Waals surface area contributed by atoms with Crippen LogP contribution in [0.25, 0.3) is 27.3 Å². The molecule has 0 N–H and O–H groups in total. The van der Waals surface area contributed by atoms with E-state index in [4.69, 9.17) is 14.5 Å². The zero-order chi connectivity index (χ0) is 19.5. The SMILES string of the molecule is COOc1c2c(c3ccc(C)c(C)c3n2C)c2cc(C)c(C#N)c(OC)n12. The molecular weight excluding hydrogens is 342 g/mol. The second-order valence-corrected chi connectivity index (χ2v) is 6.79. The van der Waals surface area contributed by atoms with E-state index in [0.29, 0.717) is 17.3 Å².